The highest BCUT2D eigenvalue weighted by molar-refractivity contribution is 7.90. The Labute approximate surface area is 121 Å². The monoisotopic (exact) mass is 304 g/mol. The van der Waals surface area contributed by atoms with E-state index in [1.165, 1.54) is 10.2 Å². The number of aryl methyl sites for hydroxylation is 1. The van der Waals surface area contributed by atoms with Gasteiger partial charge in [0.1, 0.15) is 4.90 Å². The maximum absolute atomic E-state index is 12.6. The molecule has 102 valence electrons. The molecule has 0 spiro atoms. The summed E-state index contributed by atoms with van der Waals surface area (Å²) in [5.74, 6) is 0. The fraction of sp³-hybridized carbons (Fsp3) is 0.0714. The molecule has 0 unspecified atom stereocenters. The Balaban J connectivity index is 2.18. The number of nitrogens with zero attached hydrogens (tertiary/aromatic N) is 2. The summed E-state index contributed by atoms with van der Waals surface area (Å²) in [4.78, 5) is 4.07. The van der Waals surface area contributed by atoms with Gasteiger partial charge in [0.05, 0.1) is 5.69 Å². The zero-order valence-corrected chi connectivity index (χ0v) is 12.4. The fourth-order valence-electron chi connectivity index (χ4n) is 2.02. The molecule has 0 amide bonds. The Morgan fingerprint density at radius 1 is 1.20 bits per heavy atom. The van der Waals surface area contributed by atoms with Crippen molar-refractivity contribution in [3.05, 3.63) is 59.2 Å². The van der Waals surface area contributed by atoms with Crippen LogP contribution in [0.1, 0.15) is 5.56 Å². The van der Waals surface area contributed by atoms with Crippen LogP contribution in [0.4, 0.5) is 0 Å². The quantitative estimate of drug-likeness (QED) is 0.747. The Bertz CT molecular complexity index is 833. The summed E-state index contributed by atoms with van der Waals surface area (Å²) in [5, 5.41) is 3.96. The second kappa shape index (κ2) is 4.88. The van der Waals surface area contributed by atoms with E-state index in [2.05, 4.69) is 4.98 Å². The normalized spacial score (nSPS) is 11.7. The SMILES string of the molecule is Cc1cscc1-c1cccn1S(=O)(=O)c1cccnc1. The van der Waals surface area contributed by atoms with Gasteiger partial charge < -0.3 is 0 Å². The summed E-state index contributed by atoms with van der Waals surface area (Å²) in [7, 11) is -3.61. The molecule has 3 rings (SSSR count). The summed E-state index contributed by atoms with van der Waals surface area (Å²) in [5.41, 5.74) is 2.68. The molecule has 0 aliphatic heterocycles. The molecule has 0 radical (unpaired) electrons. The van der Waals surface area contributed by atoms with Crippen molar-refractivity contribution in [3.63, 3.8) is 0 Å². The molecule has 4 nitrogen and oxygen atoms in total. The molecule has 6 heteroatoms. The van der Waals surface area contributed by atoms with Crippen LogP contribution >= 0.6 is 11.3 Å². The predicted octanol–water partition coefficient (Wildman–Crippen LogP) is 3.16. The van der Waals surface area contributed by atoms with Gasteiger partial charge in [-0.2, -0.15) is 11.3 Å². The third-order valence-corrected chi connectivity index (χ3v) is 5.57. The molecule has 20 heavy (non-hydrogen) atoms. The summed E-state index contributed by atoms with van der Waals surface area (Å²) in [6.07, 6.45) is 4.48. The lowest BCUT2D eigenvalue weighted by Crippen LogP contribution is -2.13. The Hall–Kier alpha value is -1.92. The third-order valence-electron chi connectivity index (χ3n) is 3.04. The number of rotatable bonds is 3. The standard InChI is InChI=1S/C14H12N2O2S2/c1-11-9-19-10-13(11)14-5-3-7-16(14)20(17,18)12-4-2-6-15-8-12/h2-10H,1H3. The lowest BCUT2D eigenvalue weighted by Gasteiger charge is -2.10. The van der Waals surface area contributed by atoms with Gasteiger partial charge in [0.15, 0.2) is 0 Å². The first-order chi connectivity index (χ1) is 9.60. The number of thiophene rings is 1. The maximum atomic E-state index is 12.6. The second-order valence-electron chi connectivity index (χ2n) is 4.35. The van der Waals surface area contributed by atoms with E-state index in [0.29, 0.717) is 5.69 Å². The van der Waals surface area contributed by atoms with Crippen LogP contribution in [0.25, 0.3) is 11.3 Å². The molecule has 3 aromatic rings. The van der Waals surface area contributed by atoms with Gasteiger partial charge >= 0.3 is 0 Å². The minimum Gasteiger partial charge on any atom is -0.263 e. The first kappa shape index (κ1) is 13.1. The molecule has 0 atom stereocenters. The number of hydrogen-bond acceptors (Lipinski definition) is 4. The van der Waals surface area contributed by atoms with Crippen LogP contribution in [-0.2, 0) is 10.0 Å². The second-order valence-corrected chi connectivity index (χ2v) is 6.91. The van der Waals surface area contributed by atoms with Gasteiger partial charge in [-0.15, -0.1) is 0 Å². The molecule has 0 aliphatic rings. The first-order valence-corrected chi connectivity index (χ1v) is 8.35. The van der Waals surface area contributed by atoms with E-state index in [9.17, 15) is 8.42 Å². The number of aromatic nitrogens is 2. The van der Waals surface area contributed by atoms with Crippen LogP contribution in [0.3, 0.4) is 0 Å². The van der Waals surface area contributed by atoms with Gasteiger partial charge in [0.2, 0.25) is 0 Å². The van der Waals surface area contributed by atoms with Gasteiger partial charge in [0, 0.05) is 29.5 Å². The number of hydrogen-bond donors (Lipinski definition) is 0. The van der Waals surface area contributed by atoms with Crippen molar-refractivity contribution < 1.29 is 8.42 Å². The molecular formula is C14H12N2O2S2. The van der Waals surface area contributed by atoms with Crippen molar-refractivity contribution in [3.8, 4) is 11.3 Å². The van der Waals surface area contributed by atoms with Crippen molar-refractivity contribution in [1.82, 2.24) is 8.96 Å². The molecule has 0 bridgehead atoms. The van der Waals surface area contributed by atoms with Gasteiger partial charge in [-0.25, -0.2) is 12.4 Å². The van der Waals surface area contributed by atoms with E-state index >= 15 is 0 Å². The van der Waals surface area contributed by atoms with Crippen LogP contribution in [0.2, 0.25) is 0 Å². The van der Waals surface area contributed by atoms with Crippen molar-refractivity contribution in [2.24, 2.45) is 0 Å². The van der Waals surface area contributed by atoms with Crippen LogP contribution in [0.15, 0.2) is 58.5 Å². The zero-order valence-electron chi connectivity index (χ0n) is 10.7. The molecule has 0 saturated heterocycles. The van der Waals surface area contributed by atoms with Crippen LogP contribution in [0.5, 0.6) is 0 Å². The van der Waals surface area contributed by atoms with Crippen LogP contribution in [0, 0.1) is 6.92 Å². The zero-order chi connectivity index (χ0) is 14.2. The molecule has 3 heterocycles. The van der Waals surface area contributed by atoms with Crippen LogP contribution in [-0.4, -0.2) is 17.4 Å². The summed E-state index contributed by atoms with van der Waals surface area (Å²) < 4.78 is 26.6. The van der Waals surface area contributed by atoms with Crippen molar-refractivity contribution in [2.45, 2.75) is 11.8 Å². The summed E-state index contributed by atoms with van der Waals surface area (Å²) in [6, 6.07) is 6.71. The molecule has 0 saturated carbocycles. The average molecular weight is 304 g/mol. The van der Waals surface area contributed by atoms with E-state index < -0.39 is 10.0 Å². The first-order valence-electron chi connectivity index (χ1n) is 5.97. The van der Waals surface area contributed by atoms with Crippen molar-refractivity contribution in [1.29, 1.82) is 0 Å². The largest absolute Gasteiger partial charge is 0.269 e. The molecule has 0 aliphatic carbocycles. The lowest BCUT2D eigenvalue weighted by atomic mass is 10.2. The minimum absolute atomic E-state index is 0.185. The highest BCUT2D eigenvalue weighted by atomic mass is 32.2. The molecule has 0 fully saturated rings. The van der Waals surface area contributed by atoms with Gasteiger partial charge in [0.25, 0.3) is 10.0 Å². The van der Waals surface area contributed by atoms with Gasteiger partial charge in [-0.05, 0) is 42.1 Å². The smallest absolute Gasteiger partial charge is 0.263 e. The van der Waals surface area contributed by atoms with E-state index in [1.54, 1.807) is 41.9 Å². The Morgan fingerprint density at radius 2 is 2.05 bits per heavy atom. The third kappa shape index (κ3) is 2.07. The number of pyridine rings is 1. The van der Waals surface area contributed by atoms with Crippen molar-refractivity contribution in [2.75, 3.05) is 0 Å². The Morgan fingerprint density at radius 3 is 2.70 bits per heavy atom. The highest BCUT2D eigenvalue weighted by Gasteiger charge is 2.20. The highest BCUT2D eigenvalue weighted by Crippen LogP contribution is 2.29. The molecule has 0 aromatic carbocycles. The van der Waals surface area contributed by atoms with E-state index in [0.717, 1.165) is 11.1 Å². The fourth-order valence-corrected chi connectivity index (χ4v) is 4.18. The molecular weight excluding hydrogens is 292 g/mol. The predicted molar refractivity (Wildman–Crippen MR) is 79.3 cm³/mol. The summed E-state index contributed by atoms with van der Waals surface area (Å²) >= 11 is 1.56. The maximum Gasteiger partial charge on any atom is 0.269 e. The average Bonchev–Trinajstić information content (AvgIpc) is 3.08. The lowest BCUT2D eigenvalue weighted by molar-refractivity contribution is 0.587. The summed E-state index contributed by atoms with van der Waals surface area (Å²) in [6.45, 7) is 1.97. The van der Waals surface area contributed by atoms with Gasteiger partial charge in [-0.3, -0.25) is 4.98 Å². The van der Waals surface area contributed by atoms with E-state index in [1.807, 2.05) is 23.8 Å². The minimum atomic E-state index is -3.61. The van der Waals surface area contributed by atoms with Crippen molar-refractivity contribution >= 4 is 21.4 Å². The van der Waals surface area contributed by atoms with Gasteiger partial charge in [-0.1, -0.05) is 0 Å². The van der Waals surface area contributed by atoms with Crippen LogP contribution < -0.4 is 0 Å². The van der Waals surface area contributed by atoms with E-state index in [-0.39, 0.29) is 4.90 Å². The Kier molecular flexibility index (Phi) is 3.19. The molecule has 3 aromatic heterocycles. The topological polar surface area (TPSA) is 52.0 Å². The van der Waals surface area contributed by atoms with E-state index in [4.69, 9.17) is 0 Å². The molecule has 0 N–H and O–H groups in total.